The first kappa shape index (κ1) is 17.8. The summed E-state index contributed by atoms with van der Waals surface area (Å²) in [7, 11) is 0. The monoisotopic (exact) mass is 393 g/mol. The van der Waals surface area contributed by atoms with Crippen LogP contribution < -0.4 is 16.3 Å². The molecule has 5 heterocycles. The molecule has 1 aliphatic rings. The molecule has 0 spiro atoms. The lowest BCUT2D eigenvalue weighted by atomic mass is 10.1. The van der Waals surface area contributed by atoms with E-state index in [-0.39, 0.29) is 28.1 Å². The summed E-state index contributed by atoms with van der Waals surface area (Å²) in [6.45, 7) is 3.50. The molecule has 0 unspecified atom stereocenters. The maximum Gasteiger partial charge on any atom is 0.264 e. The molecule has 29 heavy (non-hydrogen) atoms. The molecule has 0 aromatic carbocycles. The van der Waals surface area contributed by atoms with Gasteiger partial charge in [-0.2, -0.15) is 0 Å². The number of halogens is 1. The second-order valence-corrected chi connectivity index (χ2v) is 7.54. The maximum absolute atomic E-state index is 14.4. The first-order valence-corrected chi connectivity index (χ1v) is 9.65. The van der Waals surface area contributed by atoms with Crippen LogP contribution in [-0.2, 0) is 0 Å². The van der Waals surface area contributed by atoms with E-state index in [0.29, 0.717) is 22.5 Å². The third-order valence-corrected chi connectivity index (χ3v) is 5.55. The standard InChI is InChI=1S/C21H20FN5O2/c1-12-10-26-11-13(8-15(22)20(26)24-12)17-9-18(28)19-16(25-17)4-7-27(21(19)29)14-2-5-23-6-3-14/h4,7-11,14,23H,2-3,5-6H2,1H3,(H,25,28). The first-order chi connectivity index (χ1) is 14.0. The predicted molar refractivity (Wildman–Crippen MR) is 109 cm³/mol. The summed E-state index contributed by atoms with van der Waals surface area (Å²) in [4.78, 5) is 33.1. The highest BCUT2D eigenvalue weighted by Gasteiger charge is 2.18. The zero-order valence-electron chi connectivity index (χ0n) is 15.9. The van der Waals surface area contributed by atoms with E-state index in [4.69, 9.17) is 0 Å². The number of nitrogens with zero attached hydrogens (tertiary/aromatic N) is 3. The van der Waals surface area contributed by atoms with Gasteiger partial charge in [-0.3, -0.25) is 9.59 Å². The van der Waals surface area contributed by atoms with Crippen molar-refractivity contribution in [3.8, 4) is 11.3 Å². The molecule has 1 saturated heterocycles. The number of imidazole rings is 1. The van der Waals surface area contributed by atoms with Gasteiger partial charge in [-0.15, -0.1) is 0 Å². The van der Waals surface area contributed by atoms with Crippen molar-refractivity contribution in [2.24, 2.45) is 0 Å². The molecule has 4 aromatic heterocycles. The highest BCUT2D eigenvalue weighted by atomic mass is 19.1. The topological polar surface area (TPSA) is 84.2 Å². The van der Waals surface area contributed by atoms with Crippen LogP contribution >= 0.6 is 0 Å². The van der Waals surface area contributed by atoms with Gasteiger partial charge in [0.05, 0.1) is 16.9 Å². The van der Waals surface area contributed by atoms with Gasteiger partial charge in [0.2, 0.25) is 0 Å². The Hall–Kier alpha value is -3.26. The van der Waals surface area contributed by atoms with Gasteiger partial charge in [0.25, 0.3) is 5.56 Å². The molecule has 0 saturated carbocycles. The van der Waals surface area contributed by atoms with E-state index < -0.39 is 5.82 Å². The van der Waals surface area contributed by atoms with Crippen molar-refractivity contribution in [1.82, 2.24) is 24.3 Å². The minimum Gasteiger partial charge on any atom is -0.354 e. The number of nitrogens with one attached hydrogen (secondary N) is 2. The molecular formula is C21H20FN5O2. The number of hydrogen-bond donors (Lipinski definition) is 2. The van der Waals surface area contributed by atoms with E-state index in [9.17, 15) is 14.0 Å². The molecule has 1 fully saturated rings. The smallest absolute Gasteiger partial charge is 0.264 e. The lowest BCUT2D eigenvalue weighted by molar-refractivity contribution is 0.362. The average Bonchev–Trinajstić information content (AvgIpc) is 3.09. The quantitative estimate of drug-likeness (QED) is 0.548. The van der Waals surface area contributed by atoms with Crippen molar-refractivity contribution < 1.29 is 4.39 Å². The van der Waals surface area contributed by atoms with Crippen LogP contribution in [0.15, 0.2) is 46.4 Å². The Labute approximate surface area is 164 Å². The van der Waals surface area contributed by atoms with Gasteiger partial charge in [-0.05, 0) is 45.0 Å². The van der Waals surface area contributed by atoms with E-state index in [1.165, 1.54) is 12.1 Å². The van der Waals surface area contributed by atoms with Crippen LogP contribution in [0.1, 0.15) is 24.6 Å². The molecule has 7 nitrogen and oxygen atoms in total. The van der Waals surface area contributed by atoms with Crippen LogP contribution in [0.4, 0.5) is 4.39 Å². The minimum absolute atomic E-state index is 0.0909. The van der Waals surface area contributed by atoms with E-state index in [2.05, 4.69) is 15.3 Å². The van der Waals surface area contributed by atoms with Crippen LogP contribution in [0.5, 0.6) is 0 Å². The van der Waals surface area contributed by atoms with E-state index >= 15 is 0 Å². The Kier molecular flexibility index (Phi) is 4.09. The van der Waals surface area contributed by atoms with Gasteiger partial charge in [-0.1, -0.05) is 0 Å². The van der Waals surface area contributed by atoms with Crippen LogP contribution in [0.2, 0.25) is 0 Å². The number of aromatic nitrogens is 4. The van der Waals surface area contributed by atoms with Crippen molar-refractivity contribution in [2.75, 3.05) is 13.1 Å². The fraction of sp³-hybridized carbons (Fsp3) is 0.286. The molecule has 0 bridgehead atoms. The molecule has 0 radical (unpaired) electrons. The minimum atomic E-state index is -0.474. The number of piperidine rings is 1. The number of aryl methyl sites for hydroxylation is 1. The molecule has 0 atom stereocenters. The second kappa shape index (κ2) is 6.66. The lowest BCUT2D eigenvalue weighted by Crippen LogP contribution is -2.35. The van der Waals surface area contributed by atoms with E-state index in [1.807, 2.05) is 0 Å². The Morgan fingerprint density at radius 3 is 2.76 bits per heavy atom. The fourth-order valence-corrected chi connectivity index (χ4v) is 4.13. The predicted octanol–water partition coefficient (Wildman–Crippen LogP) is 2.38. The third kappa shape index (κ3) is 2.96. The van der Waals surface area contributed by atoms with E-state index in [1.54, 1.807) is 40.5 Å². The highest BCUT2D eigenvalue weighted by molar-refractivity contribution is 5.80. The van der Waals surface area contributed by atoms with Gasteiger partial charge in [0.1, 0.15) is 5.39 Å². The number of H-pyrrole nitrogens is 1. The fourth-order valence-electron chi connectivity index (χ4n) is 4.13. The summed E-state index contributed by atoms with van der Waals surface area (Å²) in [5.41, 5.74) is 1.69. The zero-order valence-corrected chi connectivity index (χ0v) is 15.9. The van der Waals surface area contributed by atoms with Gasteiger partial charge in [0.15, 0.2) is 16.9 Å². The Balaban J connectivity index is 1.66. The van der Waals surface area contributed by atoms with Crippen molar-refractivity contribution in [3.63, 3.8) is 0 Å². The molecule has 148 valence electrons. The summed E-state index contributed by atoms with van der Waals surface area (Å²) in [6.07, 6.45) is 6.88. The SMILES string of the molecule is Cc1cn2cc(-c3cc(=O)c4c(=O)n(C5CCNCC5)ccc4[nH]3)cc(F)c2n1. The highest BCUT2D eigenvalue weighted by Crippen LogP contribution is 2.22. The molecule has 5 rings (SSSR count). The van der Waals surface area contributed by atoms with Gasteiger partial charge in [0, 0.05) is 36.3 Å². The third-order valence-electron chi connectivity index (χ3n) is 5.55. The molecule has 1 aliphatic heterocycles. The Morgan fingerprint density at radius 1 is 1.17 bits per heavy atom. The van der Waals surface area contributed by atoms with Crippen molar-refractivity contribution in [3.05, 3.63) is 68.9 Å². The summed E-state index contributed by atoms with van der Waals surface area (Å²) in [6, 6.07) is 4.55. The molecule has 0 amide bonds. The molecule has 2 N–H and O–H groups in total. The number of aromatic amines is 1. The Bertz CT molecular complexity index is 1360. The Morgan fingerprint density at radius 2 is 1.97 bits per heavy atom. The summed E-state index contributed by atoms with van der Waals surface area (Å²) >= 11 is 0. The number of rotatable bonds is 2. The molecule has 4 aromatic rings. The zero-order chi connectivity index (χ0) is 20.1. The van der Waals surface area contributed by atoms with Crippen LogP contribution in [0, 0.1) is 12.7 Å². The van der Waals surface area contributed by atoms with Crippen molar-refractivity contribution in [1.29, 1.82) is 0 Å². The van der Waals surface area contributed by atoms with Crippen molar-refractivity contribution in [2.45, 2.75) is 25.8 Å². The first-order valence-electron chi connectivity index (χ1n) is 9.65. The largest absolute Gasteiger partial charge is 0.354 e. The molecular weight excluding hydrogens is 373 g/mol. The van der Waals surface area contributed by atoms with Gasteiger partial charge < -0.3 is 19.3 Å². The number of pyridine rings is 3. The van der Waals surface area contributed by atoms with Crippen LogP contribution in [0.25, 0.3) is 27.8 Å². The summed E-state index contributed by atoms with van der Waals surface area (Å²) in [5, 5.41) is 3.41. The number of fused-ring (bicyclic) bond motifs is 2. The maximum atomic E-state index is 14.4. The normalized spacial score (nSPS) is 15.4. The van der Waals surface area contributed by atoms with E-state index in [0.717, 1.165) is 25.9 Å². The summed E-state index contributed by atoms with van der Waals surface area (Å²) in [5.74, 6) is -0.474. The summed E-state index contributed by atoms with van der Waals surface area (Å²) < 4.78 is 17.7. The lowest BCUT2D eigenvalue weighted by Gasteiger charge is -2.24. The van der Waals surface area contributed by atoms with Crippen LogP contribution in [-0.4, -0.2) is 32.0 Å². The second-order valence-electron chi connectivity index (χ2n) is 7.54. The van der Waals surface area contributed by atoms with Crippen molar-refractivity contribution >= 4 is 16.6 Å². The number of hydrogen-bond acceptors (Lipinski definition) is 4. The van der Waals surface area contributed by atoms with Gasteiger partial charge >= 0.3 is 0 Å². The molecule has 8 heteroatoms. The average molecular weight is 393 g/mol. The van der Waals surface area contributed by atoms with Crippen LogP contribution in [0.3, 0.4) is 0 Å². The van der Waals surface area contributed by atoms with Gasteiger partial charge in [-0.25, -0.2) is 9.37 Å². The molecule has 0 aliphatic carbocycles.